The van der Waals surface area contributed by atoms with Gasteiger partial charge in [0.25, 0.3) is 0 Å². The van der Waals surface area contributed by atoms with E-state index in [1.54, 1.807) is 11.1 Å². The Labute approximate surface area is 129 Å². The van der Waals surface area contributed by atoms with E-state index in [0.29, 0.717) is 6.04 Å². The van der Waals surface area contributed by atoms with E-state index in [1.165, 1.54) is 38.5 Å². The molecule has 0 amide bonds. The summed E-state index contributed by atoms with van der Waals surface area (Å²) in [5, 5.41) is 3.79. The summed E-state index contributed by atoms with van der Waals surface area (Å²) in [6, 6.07) is 9.71. The molecular formula is C19H29NO. The predicted molar refractivity (Wildman–Crippen MR) is 87.6 cm³/mol. The summed E-state index contributed by atoms with van der Waals surface area (Å²) >= 11 is 0. The van der Waals surface area contributed by atoms with Gasteiger partial charge in [0.15, 0.2) is 0 Å². The molecule has 1 heterocycles. The minimum absolute atomic E-state index is 0.687. The van der Waals surface area contributed by atoms with E-state index < -0.39 is 0 Å². The molecule has 2 aliphatic rings. The van der Waals surface area contributed by atoms with Crippen molar-refractivity contribution in [3.05, 3.63) is 35.4 Å². The van der Waals surface area contributed by atoms with Crippen molar-refractivity contribution in [3.8, 4) is 0 Å². The van der Waals surface area contributed by atoms with E-state index in [-0.39, 0.29) is 0 Å². The van der Waals surface area contributed by atoms with Gasteiger partial charge in [0, 0.05) is 19.3 Å². The predicted octanol–water partition coefficient (Wildman–Crippen LogP) is 3.59. The lowest BCUT2D eigenvalue weighted by molar-refractivity contribution is 0.0574. The molecule has 1 aliphatic heterocycles. The summed E-state index contributed by atoms with van der Waals surface area (Å²) in [5.74, 6) is 1.67. The van der Waals surface area contributed by atoms with Crippen LogP contribution in [0.1, 0.15) is 43.7 Å². The number of ether oxygens (including phenoxy) is 1. The van der Waals surface area contributed by atoms with E-state index in [4.69, 9.17) is 4.74 Å². The van der Waals surface area contributed by atoms with Gasteiger partial charge in [0.2, 0.25) is 0 Å². The summed E-state index contributed by atoms with van der Waals surface area (Å²) in [6.45, 7) is 5.27. The summed E-state index contributed by atoms with van der Waals surface area (Å²) < 4.78 is 5.51. The molecule has 1 saturated heterocycles. The smallest absolute Gasteiger partial charge is 0.0468 e. The van der Waals surface area contributed by atoms with Gasteiger partial charge in [0.1, 0.15) is 0 Å². The standard InChI is InChI=1S/C19H29NO/c1-2-20-19(13-15-9-11-21-12-10-15)18-8-7-16-5-3-4-6-17(16)14-18/h3-6,15,18-20H,2,7-14H2,1H3. The van der Waals surface area contributed by atoms with Gasteiger partial charge in [-0.05, 0) is 68.0 Å². The Bertz CT molecular complexity index is 439. The molecular weight excluding hydrogens is 258 g/mol. The van der Waals surface area contributed by atoms with Crippen LogP contribution in [0.15, 0.2) is 24.3 Å². The minimum atomic E-state index is 0.687. The molecule has 0 bridgehead atoms. The number of hydrogen-bond acceptors (Lipinski definition) is 2. The largest absolute Gasteiger partial charge is 0.381 e. The third kappa shape index (κ3) is 3.87. The van der Waals surface area contributed by atoms with Crippen molar-refractivity contribution < 1.29 is 4.74 Å². The van der Waals surface area contributed by atoms with E-state index in [1.807, 2.05) is 0 Å². The number of fused-ring (bicyclic) bond motifs is 1. The molecule has 1 fully saturated rings. The van der Waals surface area contributed by atoms with Gasteiger partial charge in [-0.25, -0.2) is 0 Å². The van der Waals surface area contributed by atoms with Crippen LogP contribution in [-0.2, 0) is 17.6 Å². The van der Waals surface area contributed by atoms with Crippen LogP contribution in [0.3, 0.4) is 0 Å². The van der Waals surface area contributed by atoms with Crippen LogP contribution in [0.4, 0.5) is 0 Å². The number of aryl methyl sites for hydroxylation is 1. The Morgan fingerprint density at radius 3 is 2.67 bits per heavy atom. The zero-order chi connectivity index (χ0) is 14.5. The zero-order valence-electron chi connectivity index (χ0n) is 13.3. The highest BCUT2D eigenvalue weighted by molar-refractivity contribution is 5.30. The Balaban J connectivity index is 1.64. The summed E-state index contributed by atoms with van der Waals surface area (Å²) in [4.78, 5) is 0. The molecule has 2 heteroatoms. The molecule has 21 heavy (non-hydrogen) atoms. The Morgan fingerprint density at radius 1 is 1.14 bits per heavy atom. The summed E-state index contributed by atoms with van der Waals surface area (Å²) in [6.07, 6.45) is 7.71. The fourth-order valence-electron chi connectivity index (χ4n) is 4.12. The summed E-state index contributed by atoms with van der Waals surface area (Å²) in [5.41, 5.74) is 3.17. The average Bonchev–Trinajstić information content (AvgIpc) is 2.55. The topological polar surface area (TPSA) is 21.3 Å². The maximum absolute atomic E-state index is 5.51. The van der Waals surface area contributed by atoms with Crippen LogP contribution in [0.25, 0.3) is 0 Å². The molecule has 1 aliphatic carbocycles. The van der Waals surface area contributed by atoms with Crippen molar-refractivity contribution in [2.45, 2.75) is 51.5 Å². The molecule has 2 atom stereocenters. The molecule has 0 radical (unpaired) electrons. The second kappa shape index (κ2) is 7.42. The van der Waals surface area contributed by atoms with E-state index in [9.17, 15) is 0 Å². The molecule has 2 nitrogen and oxygen atoms in total. The molecule has 3 rings (SSSR count). The Kier molecular flexibility index (Phi) is 5.32. The molecule has 1 N–H and O–H groups in total. The third-order valence-electron chi connectivity index (χ3n) is 5.35. The highest BCUT2D eigenvalue weighted by Crippen LogP contribution is 2.31. The maximum atomic E-state index is 5.51. The molecule has 0 saturated carbocycles. The van der Waals surface area contributed by atoms with Gasteiger partial charge >= 0.3 is 0 Å². The summed E-state index contributed by atoms with van der Waals surface area (Å²) in [7, 11) is 0. The maximum Gasteiger partial charge on any atom is 0.0468 e. The van der Waals surface area contributed by atoms with E-state index >= 15 is 0 Å². The first-order valence-electron chi connectivity index (χ1n) is 8.74. The van der Waals surface area contributed by atoms with Crippen molar-refractivity contribution >= 4 is 0 Å². The van der Waals surface area contributed by atoms with Crippen molar-refractivity contribution in [1.29, 1.82) is 0 Å². The van der Waals surface area contributed by atoms with Crippen LogP contribution in [0.2, 0.25) is 0 Å². The number of hydrogen-bond donors (Lipinski definition) is 1. The van der Waals surface area contributed by atoms with Gasteiger partial charge < -0.3 is 10.1 Å². The molecule has 1 aromatic carbocycles. The van der Waals surface area contributed by atoms with Crippen LogP contribution in [-0.4, -0.2) is 25.8 Å². The molecule has 116 valence electrons. The fourth-order valence-corrected chi connectivity index (χ4v) is 4.12. The Hall–Kier alpha value is -0.860. The van der Waals surface area contributed by atoms with Crippen molar-refractivity contribution in [2.24, 2.45) is 11.8 Å². The number of benzene rings is 1. The second-order valence-corrected chi connectivity index (χ2v) is 6.73. The molecule has 2 unspecified atom stereocenters. The third-order valence-corrected chi connectivity index (χ3v) is 5.35. The lowest BCUT2D eigenvalue weighted by Gasteiger charge is -2.35. The normalized spacial score (nSPS) is 24.5. The average molecular weight is 287 g/mol. The number of nitrogens with one attached hydrogen (secondary N) is 1. The van der Waals surface area contributed by atoms with Crippen LogP contribution in [0.5, 0.6) is 0 Å². The Morgan fingerprint density at radius 2 is 1.90 bits per heavy atom. The van der Waals surface area contributed by atoms with Crippen LogP contribution >= 0.6 is 0 Å². The van der Waals surface area contributed by atoms with Gasteiger partial charge in [0.05, 0.1) is 0 Å². The first-order chi connectivity index (χ1) is 10.4. The van der Waals surface area contributed by atoms with Crippen molar-refractivity contribution in [2.75, 3.05) is 19.8 Å². The van der Waals surface area contributed by atoms with Gasteiger partial charge in [-0.3, -0.25) is 0 Å². The molecule has 1 aromatic rings. The fraction of sp³-hybridized carbons (Fsp3) is 0.684. The van der Waals surface area contributed by atoms with Crippen LogP contribution in [0, 0.1) is 11.8 Å². The lowest BCUT2D eigenvalue weighted by Crippen LogP contribution is -2.41. The minimum Gasteiger partial charge on any atom is -0.381 e. The molecule has 0 aromatic heterocycles. The van der Waals surface area contributed by atoms with E-state index in [2.05, 4.69) is 36.5 Å². The quantitative estimate of drug-likeness (QED) is 0.893. The monoisotopic (exact) mass is 287 g/mol. The van der Waals surface area contributed by atoms with Gasteiger partial charge in [-0.15, -0.1) is 0 Å². The first kappa shape index (κ1) is 15.1. The van der Waals surface area contributed by atoms with E-state index in [0.717, 1.165) is 31.6 Å². The molecule has 0 spiro atoms. The van der Waals surface area contributed by atoms with Gasteiger partial charge in [-0.2, -0.15) is 0 Å². The van der Waals surface area contributed by atoms with Crippen LogP contribution < -0.4 is 5.32 Å². The number of rotatable bonds is 5. The van der Waals surface area contributed by atoms with Crippen molar-refractivity contribution in [1.82, 2.24) is 5.32 Å². The van der Waals surface area contributed by atoms with Crippen molar-refractivity contribution in [3.63, 3.8) is 0 Å². The first-order valence-corrected chi connectivity index (χ1v) is 8.74. The highest BCUT2D eigenvalue weighted by atomic mass is 16.5. The SMILES string of the molecule is CCNC(CC1CCOCC1)C1CCc2ccccc2C1. The zero-order valence-corrected chi connectivity index (χ0v) is 13.3. The highest BCUT2D eigenvalue weighted by Gasteiger charge is 2.28. The second-order valence-electron chi connectivity index (χ2n) is 6.73. The lowest BCUT2D eigenvalue weighted by atomic mass is 9.76. The van der Waals surface area contributed by atoms with Gasteiger partial charge in [-0.1, -0.05) is 31.2 Å².